The number of amides is 1. The summed E-state index contributed by atoms with van der Waals surface area (Å²) in [6.45, 7) is 0. The second-order valence-electron chi connectivity index (χ2n) is 2.52. The van der Waals surface area contributed by atoms with Gasteiger partial charge >= 0.3 is 0 Å². The zero-order chi connectivity index (χ0) is 9.84. The third-order valence-corrected chi connectivity index (χ3v) is 1.36. The van der Waals surface area contributed by atoms with Crippen molar-refractivity contribution in [2.75, 3.05) is 0 Å². The minimum absolute atomic E-state index is 0.0656. The van der Waals surface area contributed by atoms with Crippen molar-refractivity contribution in [2.45, 2.75) is 0 Å². The summed E-state index contributed by atoms with van der Waals surface area (Å²) in [5.74, 6) is -0.712. The van der Waals surface area contributed by atoms with Crippen LogP contribution in [-0.2, 0) is 4.79 Å². The number of carbonyl (C=O) groups is 1. The molecule has 0 aliphatic rings. The van der Waals surface area contributed by atoms with Crippen LogP contribution in [0.3, 0.4) is 0 Å². The molecule has 0 aliphatic carbocycles. The second kappa shape index (κ2) is 3.62. The summed E-state index contributed by atoms with van der Waals surface area (Å²) < 4.78 is 0. The lowest BCUT2D eigenvalue weighted by Gasteiger charge is -1.97. The Bertz CT molecular complexity index is 338. The van der Waals surface area contributed by atoms with Crippen molar-refractivity contribution in [1.29, 1.82) is 0 Å². The predicted octanol–water partition coefficient (Wildman–Crippen LogP) is 0.596. The van der Waals surface area contributed by atoms with Crippen LogP contribution in [-0.4, -0.2) is 16.1 Å². The SMILES string of the molecule is NC(=O)/C=C\c1cc(O)cc(O)c1. The lowest BCUT2D eigenvalue weighted by atomic mass is 10.2. The van der Waals surface area contributed by atoms with Gasteiger partial charge in [-0.05, 0) is 23.8 Å². The highest BCUT2D eigenvalue weighted by molar-refractivity contribution is 5.90. The average Bonchev–Trinajstić information content (AvgIpc) is 1.99. The Morgan fingerprint density at radius 2 is 1.77 bits per heavy atom. The molecule has 1 rings (SSSR count). The molecule has 1 amide bonds. The summed E-state index contributed by atoms with van der Waals surface area (Å²) in [6.07, 6.45) is 2.55. The van der Waals surface area contributed by atoms with Gasteiger partial charge in [-0.15, -0.1) is 0 Å². The molecule has 0 aromatic heterocycles. The van der Waals surface area contributed by atoms with Gasteiger partial charge in [0.25, 0.3) is 0 Å². The molecule has 0 unspecified atom stereocenters. The van der Waals surface area contributed by atoms with Gasteiger partial charge in [-0.1, -0.05) is 0 Å². The molecule has 1 aromatic carbocycles. The van der Waals surface area contributed by atoms with Crippen molar-refractivity contribution in [3.63, 3.8) is 0 Å². The quantitative estimate of drug-likeness (QED) is 0.581. The monoisotopic (exact) mass is 179 g/mol. The van der Waals surface area contributed by atoms with Crippen LogP contribution < -0.4 is 5.73 Å². The van der Waals surface area contributed by atoms with Crippen LogP contribution in [0.2, 0.25) is 0 Å². The Labute approximate surface area is 74.9 Å². The normalized spacial score (nSPS) is 10.5. The van der Waals surface area contributed by atoms with Crippen LogP contribution in [0.15, 0.2) is 24.3 Å². The fourth-order valence-electron chi connectivity index (χ4n) is 0.893. The molecule has 1 aromatic rings. The highest BCUT2D eigenvalue weighted by atomic mass is 16.3. The predicted molar refractivity (Wildman–Crippen MR) is 48.0 cm³/mol. The van der Waals surface area contributed by atoms with Gasteiger partial charge in [0.15, 0.2) is 0 Å². The van der Waals surface area contributed by atoms with E-state index < -0.39 is 5.91 Å². The number of aromatic hydroxyl groups is 2. The lowest BCUT2D eigenvalue weighted by Crippen LogP contribution is -2.04. The third kappa shape index (κ3) is 2.86. The van der Waals surface area contributed by atoms with E-state index >= 15 is 0 Å². The Balaban J connectivity index is 2.95. The smallest absolute Gasteiger partial charge is 0.241 e. The van der Waals surface area contributed by atoms with Crippen molar-refractivity contribution in [1.82, 2.24) is 0 Å². The van der Waals surface area contributed by atoms with Gasteiger partial charge in [0.05, 0.1) is 0 Å². The van der Waals surface area contributed by atoms with Crippen LogP contribution in [0.4, 0.5) is 0 Å². The van der Waals surface area contributed by atoms with Gasteiger partial charge in [-0.2, -0.15) is 0 Å². The molecule has 0 atom stereocenters. The summed E-state index contributed by atoms with van der Waals surface area (Å²) >= 11 is 0. The Morgan fingerprint density at radius 3 is 2.23 bits per heavy atom. The highest BCUT2D eigenvalue weighted by Crippen LogP contribution is 2.20. The maximum absolute atomic E-state index is 10.4. The summed E-state index contributed by atoms with van der Waals surface area (Å²) in [5.41, 5.74) is 5.38. The molecule has 0 spiro atoms. The zero-order valence-corrected chi connectivity index (χ0v) is 6.77. The number of nitrogens with two attached hydrogens (primary N) is 1. The molecule has 4 heteroatoms. The Kier molecular flexibility index (Phi) is 2.54. The zero-order valence-electron chi connectivity index (χ0n) is 6.77. The summed E-state index contributed by atoms with van der Waals surface area (Å²) in [5, 5.41) is 18.1. The Morgan fingerprint density at radius 1 is 1.23 bits per heavy atom. The van der Waals surface area contributed by atoms with Crippen molar-refractivity contribution in [3.8, 4) is 11.5 Å². The number of phenolic OH excluding ortho intramolecular Hbond substituents is 2. The standard InChI is InChI=1S/C9H9NO3/c10-9(13)2-1-6-3-7(11)5-8(12)4-6/h1-5,11-12H,(H2,10,13)/b2-1-. The molecule has 0 radical (unpaired) electrons. The molecule has 0 fully saturated rings. The van der Waals surface area contributed by atoms with Crippen LogP contribution in [0.1, 0.15) is 5.56 Å². The average molecular weight is 179 g/mol. The largest absolute Gasteiger partial charge is 0.508 e. The van der Waals surface area contributed by atoms with Crippen molar-refractivity contribution < 1.29 is 15.0 Å². The number of phenols is 2. The maximum atomic E-state index is 10.4. The molecule has 0 aliphatic heterocycles. The van der Waals surface area contributed by atoms with Crippen LogP contribution in [0, 0.1) is 0 Å². The van der Waals surface area contributed by atoms with E-state index in [4.69, 9.17) is 15.9 Å². The number of hydrogen-bond donors (Lipinski definition) is 3. The van der Waals surface area contributed by atoms with E-state index in [2.05, 4.69) is 0 Å². The number of benzene rings is 1. The van der Waals surface area contributed by atoms with Crippen LogP contribution >= 0.6 is 0 Å². The minimum Gasteiger partial charge on any atom is -0.508 e. The van der Waals surface area contributed by atoms with Gasteiger partial charge in [0, 0.05) is 12.1 Å². The molecule has 68 valence electrons. The summed E-state index contributed by atoms with van der Waals surface area (Å²) in [7, 11) is 0. The first-order chi connectivity index (χ1) is 6.08. The van der Waals surface area contributed by atoms with Gasteiger partial charge in [0.1, 0.15) is 11.5 Å². The van der Waals surface area contributed by atoms with Crippen LogP contribution in [0.5, 0.6) is 11.5 Å². The van der Waals surface area contributed by atoms with Crippen molar-refractivity contribution in [3.05, 3.63) is 29.8 Å². The van der Waals surface area contributed by atoms with Gasteiger partial charge < -0.3 is 15.9 Å². The molecule has 0 saturated heterocycles. The fraction of sp³-hybridized carbons (Fsp3) is 0. The van der Waals surface area contributed by atoms with Gasteiger partial charge in [0.2, 0.25) is 5.91 Å². The van der Waals surface area contributed by atoms with Gasteiger partial charge in [-0.3, -0.25) is 4.79 Å². The molecule has 0 bridgehead atoms. The first kappa shape index (κ1) is 9.12. The molecule has 4 N–H and O–H groups in total. The maximum Gasteiger partial charge on any atom is 0.241 e. The molecule has 0 saturated carbocycles. The van der Waals surface area contributed by atoms with E-state index in [0.29, 0.717) is 5.56 Å². The topological polar surface area (TPSA) is 83.6 Å². The minimum atomic E-state index is -0.581. The van der Waals surface area contributed by atoms with Crippen LogP contribution in [0.25, 0.3) is 6.08 Å². The lowest BCUT2D eigenvalue weighted by molar-refractivity contribution is -0.113. The highest BCUT2D eigenvalue weighted by Gasteiger charge is 1.95. The number of hydrogen-bond acceptors (Lipinski definition) is 3. The third-order valence-electron chi connectivity index (χ3n) is 1.36. The molecular weight excluding hydrogens is 170 g/mol. The molecule has 4 nitrogen and oxygen atoms in total. The first-order valence-electron chi connectivity index (χ1n) is 3.58. The van der Waals surface area contributed by atoms with Crippen molar-refractivity contribution >= 4 is 12.0 Å². The number of carbonyl (C=O) groups excluding carboxylic acids is 1. The molecule has 0 heterocycles. The fourth-order valence-corrected chi connectivity index (χ4v) is 0.893. The van der Waals surface area contributed by atoms with E-state index in [1.807, 2.05) is 0 Å². The van der Waals surface area contributed by atoms with Crippen molar-refractivity contribution in [2.24, 2.45) is 5.73 Å². The Hall–Kier alpha value is -1.97. The number of rotatable bonds is 2. The van der Waals surface area contributed by atoms with E-state index in [1.165, 1.54) is 24.3 Å². The summed E-state index contributed by atoms with van der Waals surface area (Å²) in [4.78, 5) is 10.4. The number of primary amides is 1. The first-order valence-corrected chi connectivity index (χ1v) is 3.58. The second-order valence-corrected chi connectivity index (χ2v) is 2.52. The molecular formula is C9H9NO3. The molecule has 13 heavy (non-hydrogen) atoms. The van der Waals surface area contributed by atoms with Gasteiger partial charge in [-0.25, -0.2) is 0 Å². The van der Waals surface area contributed by atoms with E-state index in [1.54, 1.807) is 0 Å². The summed E-state index contributed by atoms with van der Waals surface area (Å²) in [6, 6.07) is 4.00. The van der Waals surface area contributed by atoms with E-state index in [-0.39, 0.29) is 11.5 Å². The van der Waals surface area contributed by atoms with E-state index in [0.717, 1.165) is 6.08 Å². The van der Waals surface area contributed by atoms with E-state index in [9.17, 15) is 4.79 Å².